The van der Waals surface area contributed by atoms with Crippen LogP contribution >= 0.6 is 0 Å². The summed E-state index contributed by atoms with van der Waals surface area (Å²) in [6.45, 7) is 3.58. The van der Waals surface area contributed by atoms with Gasteiger partial charge in [0.1, 0.15) is 0 Å². The van der Waals surface area contributed by atoms with Crippen LogP contribution in [-0.2, 0) is 10.2 Å². The van der Waals surface area contributed by atoms with E-state index in [0.717, 1.165) is 0 Å². The third-order valence-corrected chi connectivity index (χ3v) is 3.49. The minimum Gasteiger partial charge on any atom is -0.394 e. The number of nitrogens with zero attached hydrogens (tertiary/aromatic N) is 1. The predicted molar refractivity (Wildman–Crippen MR) is 52.9 cm³/mol. The number of aliphatic hydroxyl groups excluding tert-OH is 2. The number of rotatable bonds is 7. The third kappa shape index (κ3) is 4.34. The molecule has 0 rings (SSSR count). The Kier molecular flexibility index (Phi) is 6.21. The molecule has 0 aromatic rings. The van der Waals surface area contributed by atoms with E-state index in [2.05, 4.69) is 4.72 Å². The van der Waals surface area contributed by atoms with Crippen LogP contribution in [-0.4, -0.2) is 55.3 Å². The van der Waals surface area contributed by atoms with Crippen LogP contribution in [0.25, 0.3) is 0 Å². The van der Waals surface area contributed by atoms with Crippen molar-refractivity contribution in [2.45, 2.75) is 20.0 Å². The molecule has 1 atom stereocenters. The molecule has 0 saturated heterocycles. The normalized spacial score (nSPS) is 14.6. The van der Waals surface area contributed by atoms with Crippen molar-refractivity contribution < 1.29 is 18.6 Å². The molecule has 0 fully saturated rings. The van der Waals surface area contributed by atoms with E-state index in [1.165, 1.54) is 4.31 Å². The summed E-state index contributed by atoms with van der Waals surface area (Å²) in [6, 6.07) is 0. The van der Waals surface area contributed by atoms with Crippen LogP contribution in [0.1, 0.15) is 13.8 Å². The highest BCUT2D eigenvalue weighted by atomic mass is 32.2. The van der Waals surface area contributed by atoms with E-state index in [9.17, 15) is 8.42 Å². The van der Waals surface area contributed by atoms with Crippen LogP contribution in [0.3, 0.4) is 0 Å². The second kappa shape index (κ2) is 6.31. The molecule has 1 unspecified atom stereocenters. The van der Waals surface area contributed by atoms with Crippen molar-refractivity contribution >= 4 is 10.2 Å². The maximum Gasteiger partial charge on any atom is 0.279 e. The van der Waals surface area contributed by atoms with Gasteiger partial charge in [0, 0.05) is 19.6 Å². The zero-order valence-electron chi connectivity index (χ0n) is 8.47. The molecule has 86 valence electrons. The van der Waals surface area contributed by atoms with Gasteiger partial charge in [0.15, 0.2) is 0 Å². The molecule has 0 radical (unpaired) electrons. The summed E-state index contributed by atoms with van der Waals surface area (Å²) >= 11 is 0. The second-order valence-electron chi connectivity index (χ2n) is 2.77. The maximum atomic E-state index is 11.4. The van der Waals surface area contributed by atoms with Crippen molar-refractivity contribution in [3.05, 3.63) is 0 Å². The quantitative estimate of drug-likeness (QED) is 0.493. The summed E-state index contributed by atoms with van der Waals surface area (Å²) < 4.78 is 26.3. The number of aliphatic hydroxyl groups is 2. The van der Waals surface area contributed by atoms with Crippen LogP contribution in [0, 0.1) is 0 Å². The van der Waals surface area contributed by atoms with Gasteiger partial charge in [-0.05, 0) is 0 Å². The average molecular weight is 226 g/mol. The van der Waals surface area contributed by atoms with Crippen molar-refractivity contribution in [3.8, 4) is 0 Å². The Morgan fingerprint density at radius 3 is 2.21 bits per heavy atom. The smallest absolute Gasteiger partial charge is 0.279 e. The Labute approximate surface area is 84.7 Å². The maximum absolute atomic E-state index is 11.4. The van der Waals surface area contributed by atoms with Gasteiger partial charge >= 0.3 is 0 Å². The first-order chi connectivity index (χ1) is 6.47. The minimum atomic E-state index is -3.52. The highest BCUT2D eigenvalue weighted by molar-refractivity contribution is 7.87. The van der Waals surface area contributed by atoms with Gasteiger partial charge < -0.3 is 10.2 Å². The third-order valence-electron chi connectivity index (χ3n) is 1.76. The first-order valence-electron chi connectivity index (χ1n) is 4.51. The summed E-state index contributed by atoms with van der Waals surface area (Å²) in [7, 11) is -3.52. The topological polar surface area (TPSA) is 89.9 Å². The molecular formula is C7H18N2O4S. The largest absolute Gasteiger partial charge is 0.394 e. The Balaban J connectivity index is 4.20. The summed E-state index contributed by atoms with van der Waals surface area (Å²) in [6.07, 6.45) is -1.06. The number of hydrogen-bond acceptors (Lipinski definition) is 4. The van der Waals surface area contributed by atoms with Crippen LogP contribution in [0.4, 0.5) is 0 Å². The molecule has 14 heavy (non-hydrogen) atoms. The van der Waals surface area contributed by atoms with Crippen molar-refractivity contribution in [2.75, 3.05) is 26.2 Å². The molecular weight excluding hydrogens is 208 g/mol. The van der Waals surface area contributed by atoms with Gasteiger partial charge in [0.2, 0.25) is 0 Å². The van der Waals surface area contributed by atoms with Gasteiger partial charge in [-0.25, -0.2) is 0 Å². The summed E-state index contributed by atoms with van der Waals surface area (Å²) in [4.78, 5) is 0. The molecule has 0 heterocycles. The molecule has 0 aromatic heterocycles. The molecule has 0 aliphatic rings. The first-order valence-corrected chi connectivity index (χ1v) is 5.95. The standard InChI is InChI=1S/C7H18N2O4S/c1-3-9(4-2)14(12,13)8-5-7(11)6-10/h7-8,10-11H,3-6H2,1-2H3. The zero-order chi connectivity index (χ0) is 11.2. The van der Waals surface area contributed by atoms with Crippen LogP contribution in [0.5, 0.6) is 0 Å². The van der Waals surface area contributed by atoms with Crippen molar-refractivity contribution in [1.82, 2.24) is 9.03 Å². The van der Waals surface area contributed by atoms with E-state index < -0.39 is 22.9 Å². The zero-order valence-corrected chi connectivity index (χ0v) is 9.29. The van der Waals surface area contributed by atoms with Gasteiger partial charge in [-0.1, -0.05) is 13.8 Å². The van der Waals surface area contributed by atoms with Gasteiger partial charge in [0.05, 0.1) is 12.7 Å². The average Bonchev–Trinajstić information content (AvgIpc) is 2.15. The molecule has 0 spiro atoms. The SMILES string of the molecule is CCN(CC)S(=O)(=O)NCC(O)CO. The van der Waals surface area contributed by atoms with Crippen LogP contribution in [0.15, 0.2) is 0 Å². The van der Waals surface area contributed by atoms with E-state index in [0.29, 0.717) is 13.1 Å². The predicted octanol–water partition coefficient (Wildman–Crippen LogP) is -1.48. The Morgan fingerprint density at radius 2 is 1.86 bits per heavy atom. The Bertz CT molecular complexity index is 238. The Morgan fingerprint density at radius 1 is 1.36 bits per heavy atom. The molecule has 0 aromatic carbocycles. The molecule has 0 amide bonds. The minimum absolute atomic E-state index is 0.171. The highest BCUT2D eigenvalue weighted by Gasteiger charge is 2.18. The van der Waals surface area contributed by atoms with E-state index >= 15 is 0 Å². The van der Waals surface area contributed by atoms with Gasteiger partial charge in [-0.15, -0.1) is 0 Å². The van der Waals surface area contributed by atoms with Crippen molar-refractivity contribution in [3.63, 3.8) is 0 Å². The van der Waals surface area contributed by atoms with E-state index in [1.807, 2.05) is 0 Å². The van der Waals surface area contributed by atoms with Crippen molar-refractivity contribution in [1.29, 1.82) is 0 Å². The Hall–Kier alpha value is -0.210. The summed E-state index contributed by atoms with van der Waals surface area (Å²) in [5, 5.41) is 17.4. The monoisotopic (exact) mass is 226 g/mol. The fraction of sp³-hybridized carbons (Fsp3) is 1.00. The summed E-state index contributed by atoms with van der Waals surface area (Å²) in [5.74, 6) is 0. The van der Waals surface area contributed by atoms with Crippen molar-refractivity contribution in [2.24, 2.45) is 0 Å². The lowest BCUT2D eigenvalue weighted by Crippen LogP contribution is -2.43. The molecule has 0 aliphatic heterocycles. The molecule has 7 heteroatoms. The lowest BCUT2D eigenvalue weighted by molar-refractivity contribution is 0.0984. The summed E-state index contributed by atoms with van der Waals surface area (Å²) in [5.41, 5.74) is 0. The first kappa shape index (κ1) is 13.8. The van der Waals surface area contributed by atoms with E-state index in [1.54, 1.807) is 13.8 Å². The molecule has 0 saturated carbocycles. The lowest BCUT2D eigenvalue weighted by atomic mass is 10.4. The van der Waals surface area contributed by atoms with E-state index in [-0.39, 0.29) is 6.54 Å². The van der Waals surface area contributed by atoms with Crippen LogP contribution in [0.2, 0.25) is 0 Å². The van der Waals surface area contributed by atoms with E-state index in [4.69, 9.17) is 10.2 Å². The fourth-order valence-electron chi connectivity index (χ4n) is 0.921. The second-order valence-corrected chi connectivity index (χ2v) is 4.53. The molecule has 3 N–H and O–H groups in total. The molecule has 0 bridgehead atoms. The molecule has 0 aliphatic carbocycles. The lowest BCUT2D eigenvalue weighted by Gasteiger charge is -2.19. The van der Waals surface area contributed by atoms with Gasteiger partial charge in [-0.3, -0.25) is 0 Å². The van der Waals surface area contributed by atoms with Gasteiger partial charge in [0.25, 0.3) is 10.2 Å². The fourth-order valence-corrected chi connectivity index (χ4v) is 2.19. The number of nitrogens with one attached hydrogen (secondary N) is 1. The highest BCUT2D eigenvalue weighted by Crippen LogP contribution is 1.96. The molecule has 6 nitrogen and oxygen atoms in total. The van der Waals surface area contributed by atoms with Gasteiger partial charge in [-0.2, -0.15) is 17.4 Å². The van der Waals surface area contributed by atoms with Crippen LogP contribution < -0.4 is 4.72 Å². The number of hydrogen-bond donors (Lipinski definition) is 3.